The van der Waals surface area contributed by atoms with Crippen LogP contribution in [-0.2, 0) is 11.5 Å². The SMILES string of the molecule is CCn1c[n+](-c2cncc(OON3C(C)(C)CCCC3(C)C)c2)cn1.[Br-]. The van der Waals surface area contributed by atoms with Crippen molar-refractivity contribution in [2.45, 2.75) is 71.5 Å². The van der Waals surface area contributed by atoms with Crippen LogP contribution in [0.2, 0.25) is 0 Å². The zero-order valence-corrected chi connectivity index (χ0v) is 17.7. The number of hydrogen-bond acceptors (Lipinski definition) is 5. The number of piperidine rings is 1. The van der Waals surface area contributed by atoms with Crippen LogP contribution in [0, 0.1) is 0 Å². The van der Waals surface area contributed by atoms with Gasteiger partial charge in [0.25, 0.3) is 6.33 Å². The van der Waals surface area contributed by atoms with Crippen LogP contribution < -0.4 is 26.4 Å². The molecule has 8 heteroatoms. The van der Waals surface area contributed by atoms with Crippen LogP contribution in [0.15, 0.2) is 31.1 Å². The Morgan fingerprint density at radius 1 is 1.15 bits per heavy atom. The van der Waals surface area contributed by atoms with Crippen molar-refractivity contribution in [1.29, 1.82) is 0 Å². The zero-order chi connectivity index (χ0) is 18.1. The molecule has 26 heavy (non-hydrogen) atoms. The third-order valence-corrected chi connectivity index (χ3v) is 4.79. The van der Waals surface area contributed by atoms with Crippen molar-refractivity contribution < 1.29 is 31.4 Å². The lowest BCUT2D eigenvalue weighted by Crippen LogP contribution is -3.00. The minimum Gasteiger partial charge on any atom is -1.00 e. The van der Waals surface area contributed by atoms with E-state index in [9.17, 15) is 0 Å². The summed E-state index contributed by atoms with van der Waals surface area (Å²) in [6.45, 7) is 11.6. The minimum atomic E-state index is -0.0796. The quantitative estimate of drug-likeness (QED) is 0.378. The Labute approximate surface area is 165 Å². The first kappa shape index (κ1) is 20.8. The molecule has 1 fully saturated rings. The fourth-order valence-corrected chi connectivity index (χ4v) is 3.47. The molecule has 0 amide bonds. The van der Waals surface area contributed by atoms with E-state index >= 15 is 0 Å². The largest absolute Gasteiger partial charge is 1.00 e. The van der Waals surface area contributed by atoms with Crippen molar-refractivity contribution in [3.8, 4) is 11.4 Å². The Morgan fingerprint density at radius 3 is 2.46 bits per heavy atom. The number of halogens is 1. The number of nitrogens with zero attached hydrogens (tertiary/aromatic N) is 5. The van der Waals surface area contributed by atoms with E-state index in [1.807, 2.05) is 33.6 Å². The maximum Gasteiger partial charge on any atom is 0.270 e. The van der Waals surface area contributed by atoms with Gasteiger partial charge in [-0.1, -0.05) is 4.99 Å². The minimum absolute atomic E-state index is 0. The second kappa shape index (κ2) is 8.02. The van der Waals surface area contributed by atoms with Gasteiger partial charge in [-0.3, -0.25) is 4.98 Å². The average Bonchev–Trinajstić information content (AvgIpc) is 3.02. The number of rotatable bonds is 5. The maximum absolute atomic E-state index is 5.78. The Kier molecular flexibility index (Phi) is 6.42. The highest BCUT2D eigenvalue weighted by Crippen LogP contribution is 2.38. The summed E-state index contributed by atoms with van der Waals surface area (Å²) in [5, 5.41) is 6.24. The molecule has 0 aromatic carbocycles. The van der Waals surface area contributed by atoms with Gasteiger partial charge in [0.05, 0.1) is 12.4 Å². The molecule has 1 saturated heterocycles. The predicted octanol–water partition coefficient (Wildman–Crippen LogP) is -0.153. The fourth-order valence-electron chi connectivity index (χ4n) is 3.47. The van der Waals surface area contributed by atoms with Crippen LogP contribution in [0.25, 0.3) is 5.69 Å². The third-order valence-electron chi connectivity index (χ3n) is 4.79. The van der Waals surface area contributed by atoms with Crippen molar-refractivity contribution in [2.24, 2.45) is 0 Å². The lowest BCUT2D eigenvalue weighted by Gasteiger charge is -2.49. The van der Waals surface area contributed by atoms with Crippen LogP contribution in [0.3, 0.4) is 0 Å². The molecule has 7 nitrogen and oxygen atoms in total. The van der Waals surface area contributed by atoms with Gasteiger partial charge in [0.15, 0.2) is 5.75 Å². The number of hydroxylamine groups is 2. The van der Waals surface area contributed by atoms with E-state index in [1.165, 1.54) is 6.42 Å². The van der Waals surface area contributed by atoms with E-state index in [2.05, 4.69) is 37.8 Å². The van der Waals surface area contributed by atoms with Gasteiger partial charge in [0, 0.05) is 22.2 Å². The molecule has 144 valence electrons. The Hall–Kier alpha value is -1.51. The molecule has 0 aliphatic carbocycles. The monoisotopic (exact) mass is 425 g/mol. The molecule has 3 heterocycles. The van der Waals surface area contributed by atoms with Gasteiger partial charge < -0.3 is 21.9 Å². The molecule has 2 aromatic rings. The van der Waals surface area contributed by atoms with Gasteiger partial charge in [-0.15, -0.1) is 9.75 Å². The van der Waals surface area contributed by atoms with Gasteiger partial charge in [-0.2, -0.15) is 0 Å². The van der Waals surface area contributed by atoms with E-state index in [0.717, 1.165) is 25.1 Å². The van der Waals surface area contributed by atoms with Crippen LogP contribution in [0.1, 0.15) is 53.9 Å². The normalized spacial score (nSPS) is 19.0. The van der Waals surface area contributed by atoms with E-state index in [0.29, 0.717) is 5.75 Å². The van der Waals surface area contributed by atoms with E-state index in [1.54, 1.807) is 18.7 Å². The molecule has 0 spiro atoms. The van der Waals surface area contributed by atoms with Crippen molar-refractivity contribution in [3.05, 3.63) is 31.1 Å². The second-order valence-corrected chi connectivity index (χ2v) is 7.82. The highest BCUT2D eigenvalue weighted by Gasteiger charge is 2.43. The number of aryl methyl sites for hydroxylation is 1. The molecule has 0 saturated carbocycles. The zero-order valence-electron chi connectivity index (χ0n) is 16.1. The van der Waals surface area contributed by atoms with Crippen molar-refractivity contribution in [1.82, 2.24) is 19.8 Å². The van der Waals surface area contributed by atoms with Gasteiger partial charge in [0.1, 0.15) is 12.2 Å². The average molecular weight is 426 g/mol. The Balaban J connectivity index is 0.00000243. The van der Waals surface area contributed by atoms with E-state index in [-0.39, 0.29) is 28.1 Å². The summed E-state index contributed by atoms with van der Waals surface area (Å²) in [5.74, 6) is 0.562. The maximum atomic E-state index is 5.78. The Bertz CT molecular complexity index is 716. The molecule has 0 bridgehead atoms. The summed E-state index contributed by atoms with van der Waals surface area (Å²) in [6.07, 6.45) is 10.4. The molecule has 1 aliphatic rings. The molecule has 0 unspecified atom stereocenters. The smallest absolute Gasteiger partial charge is 0.270 e. The molecule has 1 aliphatic heterocycles. The summed E-state index contributed by atoms with van der Waals surface area (Å²) in [5.41, 5.74) is 0.714. The molecular formula is C18H28BrN5O2. The highest BCUT2D eigenvalue weighted by atomic mass is 79.9. The van der Waals surface area contributed by atoms with Crippen LogP contribution in [0.4, 0.5) is 0 Å². The molecule has 2 aromatic heterocycles. The third kappa shape index (κ3) is 4.42. The molecule has 0 N–H and O–H groups in total. The van der Waals surface area contributed by atoms with Crippen molar-refractivity contribution in [3.63, 3.8) is 0 Å². The standard InChI is InChI=1S/C18H28N5O2.BrH/c1-6-22-14-21(13-20-22)15-10-16(12-19-11-15)24-25-23-17(2,3)8-7-9-18(23,4)5;/h10-14H,6-9H2,1-5H3;1H/q+1;/p-1. The molecule has 0 atom stereocenters. The summed E-state index contributed by atoms with van der Waals surface area (Å²) >= 11 is 0. The van der Waals surface area contributed by atoms with Gasteiger partial charge in [0.2, 0.25) is 6.33 Å². The van der Waals surface area contributed by atoms with Crippen LogP contribution in [-0.4, -0.2) is 30.9 Å². The highest BCUT2D eigenvalue weighted by molar-refractivity contribution is 5.27. The van der Waals surface area contributed by atoms with Crippen molar-refractivity contribution in [2.75, 3.05) is 0 Å². The number of aromatic nitrogens is 4. The summed E-state index contributed by atoms with van der Waals surface area (Å²) in [7, 11) is 0. The van der Waals surface area contributed by atoms with Crippen LogP contribution in [0.5, 0.6) is 5.75 Å². The lowest BCUT2D eigenvalue weighted by atomic mass is 9.82. The molecule has 3 rings (SSSR count). The first-order valence-corrected chi connectivity index (χ1v) is 8.86. The van der Waals surface area contributed by atoms with Gasteiger partial charge in [-0.05, 0) is 53.9 Å². The first-order chi connectivity index (χ1) is 11.8. The molecular weight excluding hydrogens is 398 g/mol. The summed E-state index contributed by atoms with van der Waals surface area (Å²) in [4.78, 5) is 15.7. The van der Waals surface area contributed by atoms with Gasteiger partial charge >= 0.3 is 0 Å². The second-order valence-electron chi connectivity index (χ2n) is 7.82. The van der Waals surface area contributed by atoms with Gasteiger partial charge in [-0.25, -0.2) is 4.57 Å². The summed E-state index contributed by atoms with van der Waals surface area (Å²) in [6, 6.07) is 1.89. The van der Waals surface area contributed by atoms with E-state index in [4.69, 9.17) is 9.88 Å². The fraction of sp³-hybridized carbons (Fsp3) is 0.611. The number of pyridine rings is 1. The lowest BCUT2D eigenvalue weighted by molar-refractivity contribution is -0.596. The first-order valence-electron chi connectivity index (χ1n) is 8.86. The molecule has 0 radical (unpaired) electrons. The van der Waals surface area contributed by atoms with E-state index < -0.39 is 0 Å². The van der Waals surface area contributed by atoms with Crippen LogP contribution >= 0.6 is 0 Å². The summed E-state index contributed by atoms with van der Waals surface area (Å²) < 4.78 is 3.75. The van der Waals surface area contributed by atoms with Crippen molar-refractivity contribution >= 4 is 0 Å². The predicted molar refractivity (Wildman–Crippen MR) is 92.8 cm³/mol. The number of hydrogen-bond donors (Lipinski definition) is 0. The Morgan fingerprint density at radius 2 is 1.85 bits per heavy atom. The topological polar surface area (TPSA) is 56.3 Å².